The molecule has 6 rings (SSSR count). The van der Waals surface area contributed by atoms with Crippen LogP contribution in [0.1, 0.15) is 55.2 Å². The largest absolute Gasteiger partial charge is 0.490 e. The zero-order chi connectivity index (χ0) is 29.6. The maximum atomic E-state index is 13.1. The molecule has 2 bridgehead atoms. The minimum Gasteiger partial charge on any atom is -0.490 e. The lowest BCUT2D eigenvalue weighted by atomic mass is 9.68. The molecule has 5 atom stereocenters. The van der Waals surface area contributed by atoms with Crippen LogP contribution in [-0.4, -0.2) is 71.5 Å². The van der Waals surface area contributed by atoms with Gasteiger partial charge in [-0.1, -0.05) is 35.9 Å². The van der Waals surface area contributed by atoms with Gasteiger partial charge in [-0.2, -0.15) is 0 Å². The Morgan fingerprint density at radius 2 is 1.98 bits per heavy atom. The Hall–Kier alpha value is -3.07. The lowest BCUT2D eigenvalue weighted by Crippen LogP contribution is -2.49. The minimum absolute atomic E-state index is 0.141. The summed E-state index contributed by atoms with van der Waals surface area (Å²) in [7, 11) is 1.58. The fraction of sp³-hybridized carbons (Fsp3) is 0.515. The van der Waals surface area contributed by atoms with Crippen molar-refractivity contribution in [3.05, 3.63) is 70.3 Å². The molecule has 2 aromatic rings. The number of likely N-dealkylation sites (N-methyl/N-ethyl adjacent to an activating group) is 1. The topological polar surface area (TPSA) is 111 Å². The van der Waals surface area contributed by atoms with Gasteiger partial charge in [-0.05, 0) is 91.3 Å². The van der Waals surface area contributed by atoms with Crippen LogP contribution in [-0.2, 0) is 27.0 Å². The molecular weight excluding hydrogens is 556 g/mol. The first-order valence-electron chi connectivity index (χ1n) is 14.9. The Morgan fingerprint density at radius 3 is 2.74 bits per heavy atom. The number of fused-ring (bicyclic) bond motifs is 4. The molecule has 2 aromatic carbocycles. The van der Waals surface area contributed by atoms with E-state index in [1.807, 2.05) is 18.2 Å². The first-order chi connectivity index (χ1) is 20.1. The molecule has 0 radical (unpaired) electrons. The average molecular weight is 595 g/mol. The van der Waals surface area contributed by atoms with Crippen LogP contribution < -0.4 is 9.64 Å². The number of aliphatic hydroxyl groups is 2. The zero-order valence-electron chi connectivity index (χ0n) is 24.0. The molecule has 2 aliphatic carbocycles. The van der Waals surface area contributed by atoms with E-state index >= 15 is 0 Å². The standard InChI is InChI=1S/C33H39ClN2O6/c1-35-14-3-2-6-28(37)25-10-7-22(25)18-36-19-32(13-4-5-21-15-24(34)9-11-26(21)32)20-42-29-12-8-23(16-27(29)36)33(41,31(39)40)17-30(35)38/h2-3,8-9,11-12,15-16,22,25,28,37,41H,4-7,10,13-14,17-20H2,1H3,(H,39,40)/b3-2-/t22-,25+,28-,32-,33+/m0/s1. The second-order valence-electron chi connectivity index (χ2n) is 12.7. The summed E-state index contributed by atoms with van der Waals surface area (Å²) in [5.41, 5.74) is 0.594. The van der Waals surface area contributed by atoms with E-state index in [1.54, 1.807) is 25.2 Å². The Labute approximate surface area is 251 Å². The van der Waals surface area contributed by atoms with E-state index in [0.717, 1.165) is 32.1 Å². The van der Waals surface area contributed by atoms with Crippen LogP contribution in [0.25, 0.3) is 0 Å². The number of halogens is 1. The maximum Gasteiger partial charge on any atom is 0.340 e. The predicted octanol–water partition coefficient (Wildman–Crippen LogP) is 4.28. The summed E-state index contributed by atoms with van der Waals surface area (Å²) in [6, 6.07) is 11.1. The van der Waals surface area contributed by atoms with Crippen LogP contribution in [0.3, 0.4) is 0 Å². The zero-order valence-corrected chi connectivity index (χ0v) is 24.7. The summed E-state index contributed by atoms with van der Waals surface area (Å²) in [4.78, 5) is 29.3. The van der Waals surface area contributed by atoms with E-state index in [4.69, 9.17) is 16.3 Å². The molecule has 9 heteroatoms. The van der Waals surface area contributed by atoms with Crippen molar-refractivity contribution < 1.29 is 29.6 Å². The molecule has 2 aliphatic heterocycles. The van der Waals surface area contributed by atoms with E-state index in [9.17, 15) is 24.9 Å². The van der Waals surface area contributed by atoms with Crippen molar-refractivity contribution in [2.24, 2.45) is 11.8 Å². The molecule has 3 N–H and O–H groups in total. The van der Waals surface area contributed by atoms with Crippen molar-refractivity contribution in [1.29, 1.82) is 0 Å². The number of carbonyl (C=O) groups is 2. The number of rotatable bonds is 1. The van der Waals surface area contributed by atoms with Crippen LogP contribution in [0.2, 0.25) is 5.02 Å². The first kappa shape index (κ1) is 29.0. The molecule has 1 spiro atoms. The SMILES string of the molecule is CN1C/C=C\C[C@H](O)[C@@H]2CC[C@H]2CN2C[C@@]3(CCCc4cc(Cl)ccc43)COc3ccc(cc32)[C@@](O)(C(=O)O)CC1=O. The molecule has 1 saturated carbocycles. The van der Waals surface area contributed by atoms with Gasteiger partial charge in [-0.15, -0.1) is 0 Å². The molecule has 0 unspecified atom stereocenters. The number of hydrogen-bond donors (Lipinski definition) is 3. The summed E-state index contributed by atoms with van der Waals surface area (Å²) in [6.45, 7) is 2.03. The van der Waals surface area contributed by atoms with Crippen molar-refractivity contribution in [3.8, 4) is 5.75 Å². The van der Waals surface area contributed by atoms with E-state index in [0.29, 0.717) is 42.6 Å². The Bertz CT molecular complexity index is 1410. The Kier molecular flexibility index (Phi) is 7.75. The number of benzene rings is 2. The molecule has 1 fully saturated rings. The van der Waals surface area contributed by atoms with Crippen LogP contribution in [0.15, 0.2) is 48.6 Å². The van der Waals surface area contributed by atoms with Crippen LogP contribution >= 0.6 is 11.6 Å². The second kappa shape index (κ2) is 11.2. The van der Waals surface area contributed by atoms with E-state index in [2.05, 4.69) is 17.0 Å². The van der Waals surface area contributed by atoms with Crippen molar-refractivity contribution in [1.82, 2.24) is 4.90 Å². The lowest BCUT2D eigenvalue weighted by molar-refractivity contribution is -0.164. The number of carboxylic acid groups (broad SMARTS) is 1. The highest BCUT2D eigenvalue weighted by molar-refractivity contribution is 6.30. The Morgan fingerprint density at radius 1 is 1.14 bits per heavy atom. The van der Waals surface area contributed by atoms with Gasteiger partial charge in [0, 0.05) is 37.1 Å². The smallest absolute Gasteiger partial charge is 0.340 e. The third-order valence-electron chi connectivity index (χ3n) is 10.1. The number of aliphatic hydroxyl groups excluding tert-OH is 1. The summed E-state index contributed by atoms with van der Waals surface area (Å²) < 4.78 is 6.52. The number of carboxylic acids is 1. The van der Waals surface area contributed by atoms with Gasteiger partial charge in [0.2, 0.25) is 5.91 Å². The van der Waals surface area contributed by atoms with Crippen LogP contribution in [0.4, 0.5) is 5.69 Å². The molecular formula is C33H39ClN2O6. The molecule has 224 valence electrons. The molecule has 4 aliphatic rings. The van der Waals surface area contributed by atoms with Gasteiger partial charge in [-0.3, -0.25) is 4.79 Å². The molecule has 42 heavy (non-hydrogen) atoms. The number of aryl methyl sites for hydroxylation is 1. The monoisotopic (exact) mass is 594 g/mol. The number of anilines is 1. The molecule has 0 aromatic heterocycles. The maximum absolute atomic E-state index is 13.1. The van der Waals surface area contributed by atoms with Gasteiger partial charge >= 0.3 is 5.97 Å². The fourth-order valence-corrected chi connectivity index (χ4v) is 7.58. The van der Waals surface area contributed by atoms with Gasteiger partial charge in [0.15, 0.2) is 5.60 Å². The number of nitrogens with zero attached hydrogens (tertiary/aromatic N) is 2. The quantitative estimate of drug-likeness (QED) is 0.423. The number of amides is 1. The molecule has 1 amide bonds. The summed E-state index contributed by atoms with van der Waals surface area (Å²) in [5, 5.41) is 33.5. The number of hydrogen-bond acceptors (Lipinski definition) is 6. The van der Waals surface area contributed by atoms with Crippen LogP contribution in [0.5, 0.6) is 5.75 Å². The molecule has 8 nitrogen and oxygen atoms in total. The van der Waals surface area contributed by atoms with Crippen LogP contribution in [0, 0.1) is 11.8 Å². The van der Waals surface area contributed by atoms with E-state index in [-0.39, 0.29) is 29.4 Å². The van der Waals surface area contributed by atoms with Gasteiger partial charge in [0.1, 0.15) is 5.75 Å². The second-order valence-corrected chi connectivity index (χ2v) is 13.1. The van der Waals surface area contributed by atoms with E-state index in [1.165, 1.54) is 16.0 Å². The van der Waals surface area contributed by atoms with Gasteiger partial charge in [0.05, 0.1) is 24.8 Å². The number of carbonyl (C=O) groups excluding carboxylic acids is 1. The lowest BCUT2D eigenvalue weighted by Gasteiger charge is -2.45. The Balaban J connectivity index is 1.46. The first-order valence-corrected chi connectivity index (χ1v) is 15.3. The highest BCUT2D eigenvalue weighted by Gasteiger charge is 2.46. The van der Waals surface area contributed by atoms with Crippen molar-refractivity contribution in [2.75, 3.05) is 38.2 Å². The van der Waals surface area contributed by atoms with E-state index < -0.39 is 30.0 Å². The van der Waals surface area contributed by atoms with Gasteiger partial charge < -0.3 is 29.9 Å². The number of aliphatic carboxylic acids is 1. The third kappa shape index (κ3) is 5.18. The summed E-state index contributed by atoms with van der Waals surface area (Å²) in [5.74, 6) is -0.950. The molecule has 2 heterocycles. The number of ether oxygens (including phenoxy) is 1. The highest BCUT2D eigenvalue weighted by atomic mass is 35.5. The van der Waals surface area contributed by atoms with Gasteiger partial charge in [-0.25, -0.2) is 4.79 Å². The highest BCUT2D eigenvalue weighted by Crippen LogP contribution is 2.47. The molecule has 0 saturated heterocycles. The normalized spacial score (nSPS) is 32.2. The predicted molar refractivity (Wildman–Crippen MR) is 160 cm³/mol. The van der Waals surface area contributed by atoms with Crippen molar-refractivity contribution in [3.63, 3.8) is 0 Å². The minimum atomic E-state index is -2.40. The van der Waals surface area contributed by atoms with Crippen molar-refractivity contribution >= 4 is 29.2 Å². The fourth-order valence-electron chi connectivity index (χ4n) is 7.38. The van der Waals surface area contributed by atoms with Crippen molar-refractivity contribution in [2.45, 2.75) is 62.1 Å². The third-order valence-corrected chi connectivity index (χ3v) is 10.3. The van der Waals surface area contributed by atoms with Gasteiger partial charge in [0.25, 0.3) is 0 Å². The summed E-state index contributed by atoms with van der Waals surface area (Å²) in [6.07, 6.45) is 7.93. The summed E-state index contributed by atoms with van der Waals surface area (Å²) >= 11 is 6.38. The average Bonchev–Trinajstić information content (AvgIpc) is 3.09.